The molecular formula is C24H20N2O2. The third-order valence-electron chi connectivity index (χ3n) is 5.06. The molecule has 4 nitrogen and oxygen atoms in total. The van der Waals surface area contributed by atoms with Gasteiger partial charge >= 0.3 is 0 Å². The SMILES string of the molecule is COc1cccc(-c2cccc3oc(-c4ccccc4C4=NCCN4)cc23)c1. The molecule has 0 radical (unpaired) electrons. The number of nitrogens with one attached hydrogen (secondary N) is 1. The molecule has 2 heterocycles. The first kappa shape index (κ1) is 16.6. The molecule has 0 atom stereocenters. The van der Waals surface area contributed by atoms with E-state index < -0.39 is 0 Å². The molecule has 3 aromatic carbocycles. The summed E-state index contributed by atoms with van der Waals surface area (Å²) in [7, 11) is 1.69. The number of amidine groups is 1. The minimum absolute atomic E-state index is 0.809. The van der Waals surface area contributed by atoms with Crippen LogP contribution in [0.1, 0.15) is 5.56 Å². The summed E-state index contributed by atoms with van der Waals surface area (Å²) in [6.45, 7) is 1.69. The number of hydrogen-bond donors (Lipinski definition) is 1. The number of rotatable bonds is 4. The Hall–Kier alpha value is -3.53. The van der Waals surface area contributed by atoms with Crippen LogP contribution in [0.3, 0.4) is 0 Å². The number of furan rings is 1. The average molecular weight is 368 g/mol. The van der Waals surface area contributed by atoms with E-state index in [4.69, 9.17) is 9.15 Å². The van der Waals surface area contributed by atoms with E-state index in [1.807, 2.05) is 42.5 Å². The van der Waals surface area contributed by atoms with Gasteiger partial charge in [0.2, 0.25) is 0 Å². The molecule has 1 N–H and O–H groups in total. The lowest BCUT2D eigenvalue weighted by Crippen LogP contribution is -2.20. The molecule has 0 amide bonds. The minimum Gasteiger partial charge on any atom is -0.497 e. The summed E-state index contributed by atoms with van der Waals surface area (Å²) in [5.74, 6) is 2.62. The fraction of sp³-hybridized carbons (Fsp3) is 0.125. The van der Waals surface area contributed by atoms with Gasteiger partial charge in [0.1, 0.15) is 22.9 Å². The number of ether oxygens (including phenoxy) is 1. The van der Waals surface area contributed by atoms with E-state index in [2.05, 4.69) is 40.6 Å². The second-order valence-electron chi connectivity index (χ2n) is 6.76. The van der Waals surface area contributed by atoms with Crippen molar-refractivity contribution < 1.29 is 9.15 Å². The second kappa shape index (κ2) is 6.89. The second-order valence-corrected chi connectivity index (χ2v) is 6.76. The Bertz CT molecular complexity index is 1190. The van der Waals surface area contributed by atoms with Gasteiger partial charge in [-0.15, -0.1) is 0 Å². The maximum Gasteiger partial charge on any atom is 0.136 e. The average Bonchev–Trinajstić information content (AvgIpc) is 3.43. The quantitative estimate of drug-likeness (QED) is 0.543. The van der Waals surface area contributed by atoms with Gasteiger partial charge in [0.05, 0.1) is 13.7 Å². The normalized spacial score (nSPS) is 13.4. The molecule has 1 aromatic heterocycles. The highest BCUT2D eigenvalue weighted by Crippen LogP contribution is 2.36. The molecule has 0 saturated heterocycles. The van der Waals surface area contributed by atoms with Gasteiger partial charge in [0, 0.05) is 23.1 Å². The van der Waals surface area contributed by atoms with Gasteiger partial charge in [-0.3, -0.25) is 4.99 Å². The van der Waals surface area contributed by atoms with Crippen LogP contribution in [0.4, 0.5) is 0 Å². The number of hydrogen-bond acceptors (Lipinski definition) is 4. The van der Waals surface area contributed by atoms with E-state index in [-0.39, 0.29) is 0 Å². The van der Waals surface area contributed by atoms with Crippen LogP contribution in [0, 0.1) is 0 Å². The molecule has 5 rings (SSSR count). The van der Waals surface area contributed by atoms with Crippen LogP contribution < -0.4 is 10.1 Å². The van der Waals surface area contributed by atoms with E-state index in [1.54, 1.807) is 7.11 Å². The lowest BCUT2D eigenvalue weighted by molar-refractivity contribution is 0.415. The minimum atomic E-state index is 0.809. The third-order valence-corrected chi connectivity index (χ3v) is 5.06. The van der Waals surface area contributed by atoms with Crippen LogP contribution in [0.5, 0.6) is 5.75 Å². The van der Waals surface area contributed by atoms with Crippen molar-refractivity contribution in [2.45, 2.75) is 0 Å². The molecule has 0 spiro atoms. The van der Waals surface area contributed by atoms with E-state index in [9.17, 15) is 0 Å². The van der Waals surface area contributed by atoms with Gasteiger partial charge in [0.15, 0.2) is 0 Å². The Morgan fingerprint density at radius 1 is 0.893 bits per heavy atom. The zero-order valence-electron chi connectivity index (χ0n) is 15.6. The largest absolute Gasteiger partial charge is 0.497 e. The molecule has 0 unspecified atom stereocenters. The smallest absolute Gasteiger partial charge is 0.136 e. The first-order valence-electron chi connectivity index (χ1n) is 9.38. The first-order valence-corrected chi connectivity index (χ1v) is 9.38. The molecule has 0 saturated carbocycles. The number of fused-ring (bicyclic) bond motifs is 1. The van der Waals surface area contributed by atoms with Crippen molar-refractivity contribution in [2.24, 2.45) is 4.99 Å². The van der Waals surface area contributed by atoms with E-state index in [0.717, 1.165) is 63.7 Å². The van der Waals surface area contributed by atoms with Crippen LogP contribution >= 0.6 is 0 Å². The van der Waals surface area contributed by atoms with Crippen molar-refractivity contribution in [1.29, 1.82) is 0 Å². The molecule has 0 fully saturated rings. The predicted molar refractivity (Wildman–Crippen MR) is 113 cm³/mol. The standard InChI is InChI=1S/C24H20N2O2/c1-27-17-7-4-6-16(14-17)18-10-5-11-22-21(18)15-23(28-22)19-8-2-3-9-20(19)24-25-12-13-26-24/h2-11,14-15H,12-13H2,1H3,(H,25,26). The lowest BCUT2D eigenvalue weighted by atomic mass is 10.00. The Kier molecular flexibility index (Phi) is 4.09. The fourth-order valence-electron chi connectivity index (χ4n) is 3.72. The van der Waals surface area contributed by atoms with E-state index in [1.165, 1.54) is 0 Å². The summed E-state index contributed by atoms with van der Waals surface area (Å²) < 4.78 is 11.7. The molecule has 28 heavy (non-hydrogen) atoms. The summed E-state index contributed by atoms with van der Waals surface area (Å²) in [5, 5.41) is 4.45. The van der Waals surface area contributed by atoms with Crippen LogP contribution in [0.15, 0.2) is 82.2 Å². The highest BCUT2D eigenvalue weighted by atomic mass is 16.5. The van der Waals surface area contributed by atoms with Crippen LogP contribution in [-0.2, 0) is 0 Å². The number of benzene rings is 3. The Balaban J connectivity index is 1.66. The van der Waals surface area contributed by atoms with E-state index in [0.29, 0.717) is 0 Å². The van der Waals surface area contributed by atoms with Gasteiger partial charge in [-0.05, 0) is 35.4 Å². The molecular weight excluding hydrogens is 348 g/mol. The summed E-state index contributed by atoms with van der Waals surface area (Å²) >= 11 is 0. The maximum atomic E-state index is 6.26. The Morgan fingerprint density at radius 2 is 1.71 bits per heavy atom. The predicted octanol–water partition coefficient (Wildman–Crippen LogP) is 5.13. The van der Waals surface area contributed by atoms with Gasteiger partial charge in [-0.1, -0.05) is 48.5 Å². The third kappa shape index (κ3) is 2.83. The first-order chi connectivity index (χ1) is 13.8. The van der Waals surface area contributed by atoms with Gasteiger partial charge < -0.3 is 14.5 Å². The van der Waals surface area contributed by atoms with Gasteiger partial charge in [0.25, 0.3) is 0 Å². The zero-order valence-corrected chi connectivity index (χ0v) is 15.6. The summed E-state index contributed by atoms with van der Waals surface area (Å²) in [4.78, 5) is 4.58. The number of methoxy groups -OCH3 is 1. The summed E-state index contributed by atoms with van der Waals surface area (Å²) in [6.07, 6.45) is 0. The monoisotopic (exact) mass is 368 g/mol. The van der Waals surface area contributed by atoms with Crippen LogP contribution in [0.25, 0.3) is 33.4 Å². The molecule has 1 aliphatic rings. The molecule has 1 aliphatic heterocycles. The maximum absolute atomic E-state index is 6.26. The molecule has 4 heteroatoms. The van der Waals surface area contributed by atoms with Crippen molar-refractivity contribution in [3.63, 3.8) is 0 Å². The highest BCUT2D eigenvalue weighted by Gasteiger charge is 2.17. The van der Waals surface area contributed by atoms with Crippen molar-refractivity contribution in [1.82, 2.24) is 5.32 Å². The highest BCUT2D eigenvalue weighted by molar-refractivity contribution is 6.06. The summed E-state index contributed by atoms with van der Waals surface area (Å²) in [6, 6.07) is 24.6. The Morgan fingerprint density at radius 3 is 2.54 bits per heavy atom. The molecule has 138 valence electrons. The molecule has 0 aliphatic carbocycles. The number of nitrogens with zero attached hydrogens (tertiary/aromatic N) is 1. The zero-order chi connectivity index (χ0) is 18.9. The van der Waals surface area contributed by atoms with Crippen LogP contribution in [0.2, 0.25) is 0 Å². The van der Waals surface area contributed by atoms with Gasteiger partial charge in [-0.25, -0.2) is 0 Å². The van der Waals surface area contributed by atoms with E-state index >= 15 is 0 Å². The van der Waals surface area contributed by atoms with Crippen molar-refractivity contribution in [2.75, 3.05) is 20.2 Å². The van der Waals surface area contributed by atoms with Crippen molar-refractivity contribution in [3.8, 4) is 28.2 Å². The lowest BCUT2D eigenvalue weighted by Gasteiger charge is -2.07. The number of aliphatic imine (C=N–C) groups is 1. The van der Waals surface area contributed by atoms with Crippen molar-refractivity contribution in [3.05, 3.63) is 78.4 Å². The van der Waals surface area contributed by atoms with Crippen molar-refractivity contribution >= 4 is 16.8 Å². The molecule has 0 bridgehead atoms. The van der Waals surface area contributed by atoms with Crippen LogP contribution in [-0.4, -0.2) is 26.0 Å². The summed E-state index contributed by atoms with van der Waals surface area (Å²) in [5.41, 5.74) is 5.21. The molecule has 4 aromatic rings. The topological polar surface area (TPSA) is 46.8 Å². The Labute approximate surface area is 163 Å². The van der Waals surface area contributed by atoms with Gasteiger partial charge in [-0.2, -0.15) is 0 Å². The fourth-order valence-corrected chi connectivity index (χ4v) is 3.72.